The second-order valence-electron chi connectivity index (χ2n) is 10.4. The van der Waals surface area contributed by atoms with E-state index >= 15 is 0 Å². The number of carbonyl (C=O) groups is 2. The molecule has 41 heavy (non-hydrogen) atoms. The van der Waals surface area contributed by atoms with E-state index in [4.69, 9.17) is 18.9 Å². The molecule has 1 heterocycles. The van der Waals surface area contributed by atoms with Gasteiger partial charge in [0.05, 0.1) is 19.8 Å². The lowest BCUT2D eigenvalue weighted by molar-refractivity contribution is -0.163. The number of halogens is 1. The number of hydrogen-bond donors (Lipinski definition) is 0. The van der Waals surface area contributed by atoms with Crippen LogP contribution in [-0.2, 0) is 38.6 Å². The summed E-state index contributed by atoms with van der Waals surface area (Å²) >= 11 is 0. The fourth-order valence-corrected chi connectivity index (χ4v) is 5.63. The van der Waals surface area contributed by atoms with Crippen LogP contribution in [0.2, 0.25) is 0 Å². The summed E-state index contributed by atoms with van der Waals surface area (Å²) in [4.78, 5) is 29.2. The highest BCUT2D eigenvalue weighted by Gasteiger charge is 2.41. The molecule has 3 aromatic carbocycles. The summed E-state index contributed by atoms with van der Waals surface area (Å²) in [6.07, 6.45) is 3.34. The second kappa shape index (κ2) is 13.2. The van der Waals surface area contributed by atoms with Gasteiger partial charge in [0, 0.05) is 18.5 Å². The smallest absolute Gasteiger partial charge is 0.329 e. The molecule has 216 valence electrons. The number of ether oxygens (including phenoxy) is 4. The highest BCUT2D eigenvalue weighted by molar-refractivity contribution is 5.89. The van der Waals surface area contributed by atoms with Gasteiger partial charge in [0.25, 0.3) is 5.91 Å². The maximum absolute atomic E-state index is 14.3. The van der Waals surface area contributed by atoms with Gasteiger partial charge in [-0.05, 0) is 54.7 Å². The van der Waals surface area contributed by atoms with E-state index in [-0.39, 0.29) is 44.0 Å². The van der Waals surface area contributed by atoms with Crippen LogP contribution in [0.15, 0.2) is 66.7 Å². The van der Waals surface area contributed by atoms with E-state index in [1.807, 2.05) is 36.4 Å². The standard InChI is InChI=1S/C33H36FNO6/c1-3-39-33(37)28-19-27-24(15-18-29(38-2)31(27)40-21-22-13-16-25(34)17-14-22)20-35(28)32(36)30(23-9-5-4-6-10-23)41-26-11-7-8-12-26/h4-6,9-10,13-18,26,28,30H,3,7-8,11-12,19-21H2,1-2H3/t28-,30?/m0/s1. The first-order valence-corrected chi connectivity index (χ1v) is 14.2. The molecule has 0 aromatic heterocycles. The average Bonchev–Trinajstić information content (AvgIpc) is 3.52. The molecule has 0 spiro atoms. The zero-order valence-corrected chi connectivity index (χ0v) is 23.5. The number of benzene rings is 3. The van der Waals surface area contributed by atoms with Gasteiger partial charge >= 0.3 is 5.97 Å². The van der Waals surface area contributed by atoms with Crippen molar-refractivity contribution in [3.05, 3.63) is 94.8 Å². The van der Waals surface area contributed by atoms with Gasteiger partial charge in [-0.15, -0.1) is 0 Å². The molecule has 2 aliphatic rings. The Balaban J connectivity index is 1.48. The zero-order valence-electron chi connectivity index (χ0n) is 23.5. The van der Waals surface area contributed by atoms with Crippen LogP contribution in [0.25, 0.3) is 0 Å². The number of carbonyl (C=O) groups excluding carboxylic acids is 2. The molecule has 0 radical (unpaired) electrons. The first-order chi connectivity index (χ1) is 20.0. The van der Waals surface area contributed by atoms with E-state index < -0.39 is 18.1 Å². The van der Waals surface area contributed by atoms with Crippen LogP contribution in [0, 0.1) is 5.82 Å². The molecule has 1 fully saturated rings. The summed E-state index contributed by atoms with van der Waals surface area (Å²) in [7, 11) is 1.55. The number of esters is 1. The van der Waals surface area contributed by atoms with E-state index in [0.29, 0.717) is 11.5 Å². The Kier molecular flexibility index (Phi) is 9.19. The first-order valence-electron chi connectivity index (χ1n) is 14.2. The van der Waals surface area contributed by atoms with E-state index in [2.05, 4.69) is 0 Å². The monoisotopic (exact) mass is 561 g/mol. The fraction of sp³-hybridized carbons (Fsp3) is 0.394. The molecule has 8 heteroatoms. The van der Waals surface area contributed by atoms with Crippen molar-refractivity contribution in [2.24, 2.45) is 0 Å². The van der Waals surface area contributed by atoms with Crippen LogP contribution < -0.4 is 9.47 Å². The number of rotatable bonds is 10. The molecule has 3 aromatic rings. The molecule has 0 bridgehead atoms. The molecule has 2 atom stereocenters. The van der Waals surface area contributed by atoms with Crippen molar-refractivity contribution in [3.63, 3.8) is 0 Å². The largest absolute Gasteiger partial charge is 0.493 e. The van der Waals surface area contributed by atoms with Gasteiger partial charge < -0.3 is 23.8 Å². The summed E-state index contributed by atoms with van der Waals surface area (Å²) in [5.41, 5.74) is 3.18. The summed E-state index contributed by atoms with van der Waals surface area (Å²) < 4.78 is 37.1. The van der Waals surface area contributed by atoms with Crippen molar-refractivity contribution in [1.29, 1.82) is 0 Å². The lowest BCUT2D eigenvalue weighted by Crippen LogP contribution is -2.51. The van der Waals surface area contributed by atoms with Crippen molar-refractivity contribution in [2.75, 3.05) is 13.7 Å². The number of hydrogen-bond acceptors (Lipinski definition) is 6. The van der Waals surface area contributed by atoms with E-state index in [1.54, 1.807) is 37.1 Å². The second-order valence-corrected chi connectivity index (χ2v) is 10.4. The molecule has 1 amide bonds. The Morgan fingerprint density at radius 3 is 2.41 bits per heavy atom. The molecular weight excluding hydrogens is 525 g/mol. The van der Waals surface area contributed by atoms with Gasteiger partial charge in [0.1, 0.15) is 18.5 Å². The van der Waals surface area contributed by atoms with Gasteiger partial charge in [-0.1, -0.05) is 61.4 Å². The Hall–Kier alpha value is -3.91. The molecule has 1 aliphatic carbocycles. The van der Waals surface area contributed by atoms with Crippen LogP contribution in [0.4, 0.5) is 4.39 Å². The van der Waals surface area contributed by atoms with Crippen LogP contribution in [0.3, 0.4) is 0 Å². The van der Waals surface area contributed by atoms with Crippen molar-refractivity contribution >= 4 is 11.9 Å². The third kappa shape index (κ3) is 6.54. The lowest BCUT2D eigenvalue weighted by atomic mass is 9.91. The van der Waals surface area contributed by atoms with Gasteiger partial charge in [-0.2, -0.15) is 0 Å². The zero-order chi connectivity index (χ0) is 28.8. The molecule has 1 saturated carbocycles. The topological polar surface area (TPSA) is 74.3 Å². The molecule has 0 N–H and O–H groups in total. The summed E-state index contributed by atoms with van der Waals surface area (Å²) in [5, 5.41) is 0. The normalized spacial score (nSPS) is 17.5. The average molecular weight is 562 g/mol. The summed E-state index contributed by atoms with van der Waals surface area (Å²) in [6, 6.07) is 18.4. The van der Waals surface area contributed by atoms with E-state index in [1.165, 1.54) is 12.1 Å². The third-order valence-corrected chi connectivity index (χ3v) is 7.75. The van der Waals surface area contributed by atoms with Crippen molar-refractivity contribution in [3.8, 4) is 11.5 Å². The van der Waals surface area contributed by atoms with Crippen LogP contribution >= 0.6 is 0 Å². The minimum Gasteiger partial charge on any atom is -0.493 e. The minimum atomic E-state index is -0.867. The summed E-state index contributed by atoms with van der Waals surface area (Å²) in [5.74, 6) is -0.0587. The maximum Gasteiger partial charge on any atom is 0.329 e. The highest BCUT2D eigenvalue weighted by atomic mass is 19.1. The van der Waals surface area contributed by atoms with Gasteiger partial charge in [-0.25, -0.2) is 9.18 Å². The summed E-state index contributed by atoms with van der Waals surface area (Å²) in [6.45, 7) is 2.31. The SMILES string of the molecule is CCOC(=O)[C@@H]1Cc2c(ccc(OC)c2OCc2ccc(F)cc2)CN1C(=O)C(OC1CCCC1)c1ccccc1. The Morgan fingerprint density at radius 1 is 1.00 bits per heavy atom. The van der Waals surface area contributed by atoms with Crippen molar-refractivity contribution < 1.29 is 32.9 Å². The predicted octanol–water partition coefficient (Wildman–Crippen LogP) is 5.93. The minimum absolute atomic E-state index is 0.00185. The van der Waals surface area contributed by atoms with Gasteiger partial charge in [-0.3, -0.25) is 4.79 Å². The number of amides is 1. The van der Waals surface area contributed by atoms with Gasteiger partial charge in [0.15, 0.2) is 17.6 Å². The molecule has 7 nitrogen and oxygen atoms in total. The third-order valence-electron chi connectivity index (χ3n) is 7.75. The number of nitrogens with zero attached hydrogens (tertiary/aromatic N) is 1. The maximum atomic E-state index is 14.3. The first kappa shape index (κ1) is 28.6. The lowest BCUT2D eigenvalue weighted by Gasteiger charge is -2.38. The van der Waals surface area contributed by atoms with Crippen LogP contribution in [-0.4, -0.2) is 42.6 Å². The Morgan fingerprint density at radius 2 is 1.73 bits per heavy atom. The predicted molar refractivity (Wildman–Crippen MR) is 151 cm³/mol. The molecule has 5 rings (SSSR count). The van der Waals surface area contributed by atoms with Gasteiger partial charge in [0.2, 0.25) is 0 Å². The van der Waals surface area contributed by atoms with E-state index in [9.17, 15) is 14.0 Å². The fourth-order valence-electron chi connectivity index (χ4n) is 5.63. The Labute approximate surface area is 240 Å². The van der Waals surface area contributed by atoms with Crippen LogP contribution in [0.1, 0.15) is 61.0 Å². The van der Waals surface area contributed by atoms with Crippen molar-refractivity contribution in [1.82, 2.24) is 4.90 Å². The Bertz CT molecular complexity index is 1340. The quantitative estimate of drug-likeness (QED) is 0.286. The molecule has 0 saturated heterocycles. The molecule has 1 unspecified atom stereocenters. The molecular formula is C33H36FNO6. The molecule has 1 aliphatic heterocycles. The number of methoxy groups -OCH3 is 1. The number of fused-ring (bicyclic) bond motifs is 1. The van der Waals surface area contributed by atoms with E-state index in [0.717, 1.165) is 47.9 Å². The van der Waals surface area contributed by atoms with Crippen molar-refractivity contribution in [2.45, 2.75) is 70.4 Å². The highest BCUT2D eigenvalue weighted by Crippen LogP contribution is 2.40. The van der Waals surface area contributed by atoms with Crippen LogP contribution in [0.5, 0.6) is 11.5 Å².